The van der Waals surface area contributed by atoms with Crippen LogP contribution in [0.2, 0.25) is 0 Å². The van der Waals surface area contributed by atoms with Gasteiger partial charge in [0.05, 0.1) is 11.3 Å². The van der Waals surface area contributed by atoms with E-state index in [1.54, 1.807) is 4.68 Å². The Kier molecular flexibility index (Phi) is 3.23. The Morgan fingerprint density at radius 1 is 1.47 bits per heavy atom. The molecule has 0 aromatic carbocycles. The molecule has 0 radical (unpaired) electrons. The van der Waals surface area contributed by atoms with Crippen LogP contribution in [0.5, 0.6) is 0 Å². The van der Waals surface area contributed by atoms with Gasteiger partial charge in [-0.3, -0.25) is 4.68 Å². The zero-order chi connectivity index (χ0) is 12.4. The molecule has 1 N–H and O–H groups in total. The lowest BCUT2D eigenvalue weighted by Gasteiger charge is -1.98. The van der Waals surface area contributed by atoms with Crippen LogP contribution >= 0.6 is 0 Å². The third-order valence-electron chi connectivity index (χ3n) is 2.60. The highest BCUT2D eigenvalue weighted by molar-refractivity contribution is 5.55. The van der Waals surface area contributed by atoms with E-state index < -0.39 is 6.10 Å². The summed E-state index contributed by atoms with van der Waals surface area (Å²) in [5.41, 5.74) is 1.74. The van der Waals surface area contributed by atoms with Crippen molar-refractivity contribution in [1.29, 1.82) is 0 Å². The molecule has 17 heavy (non-hydrogen) atoms. The van der Waals surface area contributed by atoms with Crippen molar-refractivity contribution in [3.63, 3.8) is 0 Å². The topological polar surface area (TPSA) is 77.0 Å². The summed E-state index contributed by atoms with van der Waals surface area (Å²) in [5, 5.41) is 17.7. The average Bonchev–Trinajstić information content (AvgIpc) is 2.93. The number of aliphatic hydroxyl groups excluding tert-OH is 1. The number of rotatable bonds is 4. The highest BCUT2D eigenvalue weighted by atomic mass is 16.5. The molecule has 1 atom stereocenters. The minimum atomic E-state index is -0.672. The summed E-state index contributed by atoms with van der Waals surface area (Å²) in [6.45, 7) is 3.88. The Bertz CT molecular complexity index is 503. The number of aliphatic hydroxyl groups is 1. The molecule has 1 unspecified atom stereocenters. The lowest BCUT2D eigenvalue weighted by atomic mass is 10.2. The first-order valence-corrected chi connectivity index (χ1v) is 5.70. The summed E-state index contributed by atoms with van der Waals surface area (Å²) >= 11 is 0. The Morgan fingerprint density at radius 3 is 2.88 bits per heavy atom. The molecule has 6 heteroatoms. The second kappa shape index (κ2) is 4.67. The average molecular weight is 236 g/mol. The molecule has 0 bridgehead atoms. The van der Waals surface area contributed by atoms with Gasteiger partial charge in [0.25, 0.3) is 5.89 Å². The first-order valence-electron chi connectivity index (χ1n) is 5.70. The molecule has 0 saturated heterocycles. The van der Waals surface area contributed by atoms with Crippen molar-refractivity contribution in [2.24, 2.45) is 7.05 Å². The maximum atomic E-state index is 9.62. The van der Waals surface area contributed by atoms with Crippen LogP contribution in [0.15, 0.2) is 10.7 Å². The number of nitrogens with zero attached hydrogens (tertiary/aromatic N) is 4. The molecular formula is C11H16N4O2. The third-order valence-corrected chi connectivity index (χ3v) is 2.60. The predicted octanol–water partition coefficient (Wildman–Crippen LogP) is 1.48. The molecule has 2 rings (SSSR count). The molecule has 0 aliphatic carbocycles. The van der Waals surface area contributed by atoms with E-state index in [0.29, 0.717) is 18.1 Å². The quantitative estimate of drug-likeness (QED) is 0.870. The van der Waals surface area contributed by atoms with Gasteiger partial charge in [0.2, 0.25) is 5.82 Å². The summed E-state index contributed by atoms with van der Waals surface area (Å²) < 4.78 is 6.87. The van der Waals surface area contributed by atoms with Crippen molar-refractivity contribution in [3.8, 4) is 11.5 Å². The van der Waals surface area contributed by atoms with Gasteiger partial charge >= 0.3 is 0 Å². The standard InChI is InChI=1S/C11H16N4O2/c1-4-8-7(6-15(3)13-8)11-12-10(14-17-11)9(16)5-2/h6,9,16H,4-5H2,1-3H3. The lowest BCUT2D eigenvalue weighted by molar-refractivity contribution is 0.159. The van der Waals surface area contributed by atoms with Crippen LogP contribution in [0.3, 0.4) is 0 Å². The summed E-state index contributed by atoms with van der Waals surface area (Å²) in [7, 11) is 1.85. The third kappa shape index (κ3) is 2.21. The number of aryl methyl sites for hydroxylation is 2. The first kappa shape index (κ1) is 11.8. The molecule has 0 saturated carbocycles. The van der Waals surface area contributed by atoms with Crippen LogP contribution < -0.4 is 0 Å². The smallest absolute Gasteiger partial charge is 0.261 e. The van der Waals surface area contributed by atoms with Crippen molar-refractivity contribution in [3.05, 3.63) is 17.7 Å². The zero-order valence-corrected chi connectivity index (χ0v) is 10.2. The summed E-state index contributed by atoms with van der Waals surface area (Å²) in [6.07, 6.45) is 2.53. The molecule has 6 nitrogen and oxygen atoms in total. The summed E-state index contributed by atoms with van der Waals surface area (Å²) in [6, 6.07) is 0. The van der Waals surface area contributed by atoms with Crippen molar-refractivity contribution < 1.29 is 9.63 Å². The van der Waals surface area contributed by atoms with E-state index in [1.165, 1.54) is 0 Å². The molecule has 0 aliphatic rings. The predicted molar refractivity (Wildman–Crippen MR) is 61.1 cm³/mol. The molecule has 2 aromatic heterocycles. The Balaban J connectivity index is 2.36. The summed E-state index contributed by atoms with van der Waals surface area (Å²) in [4.78, 5) is 4.19. The van der Waals surface area contributed by atoms with Crippen LogP contribution in [-0.4, -0.2) is 25.0 Å². The normalized spacial score (nSPS) is 12.9. The van der Waals surface area contributed by atoms with Gasteiger partial charge in [-0.1, -0.05) is 19.0 Å². The molecule has 2 heterocycles. The fourth-order valence-corrected chi connectivity index (χ4v) is 1.64. The van der Waals surface area contributed by atoms with E-state index in [-0.39, 0.29) is 0 Å². The van der Waals surface area contributed by atoms with E-state index in [4.69, 9.17) is 4.52 Å². The zero-order valence-electron chi connectivity index (χ0n) is 10.2. The monoisotopic (exact) mass is 236 g/mol. The van der Waals surface area contributed by atoms with Gasteiger partial charge in [-0.2, -0.15) is 10.1 Å². The van der Waals surface area contributed by atoms with Crippen LogP contribution in [0.4, 0.5) is 0 Å². The maximum Gasteiger partial charge on any atom is 0.261 e. The van der Waals surface area contributed by atoms with Gasteiger partial charge in [0, 0.05) is 13.2 Å². The first-order chi connectivity index (χ1) is 8.15. The molecule has 0 spiro atoms. The van der Waals surface area contributed by atoms with Gasteiger partial charge in [0.1, 0.15) is 6.10 Å². The van der Waals surface area contributed by atoms with Crippen molar-refractivity contribution >= 4 is 0 Å². The highest BCUT2D eigenvalue weighted by Crippen LogP contribution is 2.23. The lowest BCUT2D eigenvalue weighted by Crippen LogP contribution is -1.97. The fraction of sp³-hybridized carbons (Fsp3) is 0.545. The van der Waals surface area contributed by atoms with Crippen LogP contribution in [0, 0.1) is 0 Å². The van der Waals surface area contributed by atoms with Crippen molar-refractivity contribution in [1.82, 2.24) is 19.9 Å². The maximum absolute atomic E-state index is 9.62. The minimum absolute atomic E-state index is 0.327. The van der Waals surface area contributed by atoms with Crippen LogP contribution in [-0.2, 0) is 13.5 Å². The van der Waals surface area contributed by atoms with Gasteiger partial charge in [0.15, 0.2) is 0 Å². The minimum Gasteiger partial charge on any atom is -0.385 e. The number of hydrogen-bond acceptors (Lipinski definition) is 5. The summed E-state index contributed by atoms with van der Waals surface area (Å²) in [5.74, 6) is 0.742. The second-order valence-electron chi connectivity index (χ2n) is 3.90. The van der Waals surface area contributed by atoms with Crippen LogP contribution in [0.25, 0.3) is 11.5 Å². The number of aromatic nitrogens is 4. The second-order valence-corrected chi connectivity index (χ2v) is 3.90. The van der Waals surface area contributed by atoms with E-state index in [2.05, 4.69) is 15.2 Å². The molecular weight excluding hydrogens is 220 g/mol. The highest BCUT2D eigenvalue weighted by Gasteiger charge is 2.18. The fourth-order valence-electron chi connectivity index (χ4n) is 1.64. The SMILES string of the molecule is CCc1nn(C)cc1-c1nc(C(O)CC)no1. The Labute approximate surface area is 99.3 Å². The van der Waals surface area contributed by atoms with Gasteiger partial charge in [-0.25, -0.2) is 0 Å². The molecule has 2 aromatic rings. The molecule has 0 aliphatic heterocycles. The Hall–Kier alpha value is -1.69. The number of hydrogen-bond donors (Lipinski definition) is 1. The molecule has 0 fully saturated rings. The van der Waals surface area contributed by atoms with E-state index in [1.807, 2.05) is 27.1 Å². The van der Waals surface area contributed by atoms with Crippen molar-refractivity contribution in [2.75, 3.05) is 0 Å². The van der Waals surface area contributed by atoms with E-state index >= 15 is 0 Å². The van der Waals surface area contributed by atoms with Gasteiger partial charge < -0.3 is 9.63 Å². The van der Waals surface area contributed by atoms with Gasteiger partial charge in [-0.05, 0) is 12.8 Å². The van der Waals surface area contributed by atoms with E-state index in [0.717, 1.165) is 17.7 Å². The van der Waals surface area contributed by atoms with Crippen LogP contribution in [0.1, 0.15) is 37.9 Å². The largest absolute Gasteiger partial charge is 0.385 e. The molecule has 0 amide bonds. The Morgan fingerprint density at radius 2 is 2.24 bits per heavy atom. The van der Waals surface area contributed by atoms with Gasteiger partial charge in [-0.15, -0.1) is 0 Å². The van der Waals surface area contributed by atoms with Crippen molar-refractivity contribution in [2.45, 2.75) is 32.8 Å². The molecule has 92 valence electrons. The van der Waals surface area contributed by atoms with E-state index in [9.17, 15) is 5.11 Å².